The molecule has 0 N–H and O–H groups in total. The molecule has 0 atom stereocenters. The molecule has 0 fully saturated rings. The number of benzene rings is 1. The lowest BCUT2D eigenvalue weighted by Gasteiger charge is -2.23. The minimum Gasteiger partial charge on any atom is -0.355 e. The van der Waals surface area contributed by atoms with Gasteiger partial charge in [-0.25, -0.2) is 0 Å². The van der Waals surface area contributed by atoms with Gasteiger partial charge in [-0.15, -0.1) is 0 Å². The molecule has 0 spiro atoms. The van der Waals surface area contributed by atoms with Crippen LogP contribution in [-0.2, 0) is 0 Å². The molecule has 2 heteroatoms. The van der Waals surface area contributed by atoms with Crippen molar-refractivity contribution in [2.45, 2.75) is 12.8 Å². The van der Waals surface area contributed by atoms with E-state index in [0.717, 1.165) is 19.5 Å². The second-order valence-electron chi connectivity index (χ2n) is 4.38. The molecular weight excluding hydrogens is 196 g/mol. The van der Waals surface area contributed by atoms with E-state index in [-0.39, 0.29) is 0 Å². The van der Waals surface area contributed by atoms with Crippen molar-refractivity contribution in [3.8, 4) is 0 Å². The predicted octanol–water partition coefficient (Wildman–Crippen LogP) is 3.13. The van der Waals surface area contributed by atoms with Crippen molar-refractivity contribution in [1.82, 2.24) is 0 Å². The van der Waals surface area contributed by atoms with Gasteiger partial charge in [0.15, 0.2) is 0 Å². The summed E-state index contributed by atoms with van der Waals surface area (Å²) in [6.07, 6.45) is 8.95. The largest absolute Gasteiger partial charge is 0.355 e. The van der Waals surface area contributed by atoms with Gasteiger partial charge in [0.1, 0.15) is 0 Å². The highest BCUT2D eigenvalue weighted by Gasteiger charge is 2.24. The molecule has 0 aromatic heterocycles. The molecule has 82 valence electrons. The summed E-state index contributed by atoms with van der Waals surface area (Å²) in [4.78, 5) is 4.72. The van der Waals surface area contributed by atoms with Gasteiger partial charge in [0.25, 0.3) is 0 Å². The fourth-order valence-electron chi connectivity index (χ4n) is 2.44. The number of fused-ring (bicyclic) bond motifs is 1. The van der Waals surface area contributed by atoms with E-state index in [4.69, 9.17) is 0 Å². The van der Waals surface area contributed by atoms with Gasteiger partial charge < -0.3 is 9.80 Å². The third-order valence-corrected chi connectivity index (χ3v) is 3.28. The topological polar surface area (TPSA) is 6.48 Å². The lowest BCUT2D eigenvalue weighted by atomic mass is 10.1. The van der Waals surface area contributed by atoms with Gasteiger partial charge in [-0.1, -0.05) is 24.3 Å². The molecule has 2 nitrogen and oxygen atoms in total. The number of allylic oxidation sites excluding steroid dienone is 4. The summed E-state index contributed by atoms with van der Waals surface area (Å²) in [5.41, 5.74) is 4.10. The van der Waals surface area contributed by atoms with Crippen molar-refractivity contribution in [2.24, 2.45) is 0 Å². The first-order valence-corrected chi connectivity index (χ1v) is 5.79. The molecule has 3 rings (SSSR count). The molecule has 16 heavy (non-hydrogen) atoms. The van der Waals surface area contributed by atoms with Crippen LogP contribution in [-0.4, -0.2) is 13.7 Å². The average Bonchev–Trinajstić information content (AvgIpc) is 2.69. The van der Waals surface area contributed by atoms with E-state index in [1.807, 2.05) is 0 Å². The van der Waals surface area contributed by atoms with Crippen LogP contribution in [0, 0.1) is 0 Å². The Morgan fingerprint density at radius 2 is 1.94 bits per heavy atom. The monoisotopic (exact) mass is 212 g/mol. The smallest absolute Gasteiger partial charge is 0.0946 e. The van der Waals surface area contributed by atoms with Crippen LogP contribution in [0.4, 0.5) is 11.4 Å². The van der Waals surface area contributed by atoms with Crippen molar-refractivity contribution >= 4 is 11.4 Å². The Hall–Kier alpha value is -1.70. The molecule has 1 aromatic rings. The normalized spacial score (nSPS) is 18.7. The molecule has 2 aliphatic rings. The summed E-state index contributed by atoms with van der Waals surface area (Å²) in [5, 5.41) is 0. The number of rotatable bonds is 1. The third kappa shape index (κ3) is 1.42. The van der Waals surface area contributed by atoms with Crippen LogP contribution in [0.2, 0.25) is 0 Å². The van der Waals surface area contributed by atoms with Crippen LogP contribution in [0.25, 0.3) is 0 Å². The Morgan fingerprint density at radius 1 is 1.12 bits per heavy atom. The first-order valence-electron chi connectivity index (χ1n) is 5.79. The van der Waals surface area contributed by atoms with Crippen molar-refractivity contribution in [3.63, 3.8) is 0 Å². The fraction of sp³-hybridized carbons (Fsp3) is 0.286. The van der Waals surface area contributed by atoms with Gasteiger partial charge in [0, 0.05) is 12.7 Å². The second kappa shape index (κ2) is 3.71. The maximum absolute atomic E-state index is 2.42. The Kier molecular flexibility index (Phi) is 2.21. The molecule has 1 aliphatic heterocycles. The highest BCUT2D eigenvalue weighted by Crippen LogP contribution is 2.38. The molecular formula is C14H16N2. The lowest BCUT2D eigenvalue weighted by molar-refractivity contribution is 0.834. The molecule has 0 saturated heterocycles. The van der Waals surface area contributed by atoms with E-state index in [9.17, 15) is 0 Å². The van der Waals surface area contributed by atoms with Gasteiger partial charge in [0.2, 0.25) is 0 Å². The number of hydrogen-bond acceptors (Lipinski definition) is 2. The summed E-state index contributed by atoms with van der Waals surface area (Å²) in [5.74, 6) is 0. The minimum absolute atomic E-state index is 0.971. The zero-order chi connectivity index (χ0) is 11.0. The molecule has 1 heterocycles. The van der Waals surface area contributed by atoms with Gasteiger partial charge in [-0.3, -0.25) is 0 Å². The van der Waals surface area contributed by atoms with E-state index in [1.165, 1.54) is 17.1 Å². The minimum atomic E-state index is 0.971. The van der Waals surface area contributed by atoms with Crippen LogP contribution in [0.3, 0.4) is 0 Å². The SMILES string of the molecule is CN1CN(C2=CC=CCC2)c2ccccc21. The second-order valence-corrected chi connectivity index (χ2v) is 4.38. The van der Waals surface area contributed by atoms with Crippen molar-refractivity contribution in [2.75, 3.05) is 23.5 Å². The first-order chi connectivity index (χ1) is 7.86. The molecule has 1 aliphatic carbocycles. The molecule has 0 amide bonds. The van der Waals surface area contributed by atoms with Crippen LogP contribution in [0.15, 0.2) is 48.2 Å². The van der Waals surface area contributed by atoms with Crippen LogP contribution >= 0.6 is 0 Å². The number of anilines is 2. The zero-order valence-electron chi connectivity index (χ0n) is 9.56. The number of nitrogens with zero attached hydrogens (tertiary/aromatic N) is 2. The van der Waals surface area contributed by atoms with Gasteiger partial charge in [-0.05, 0) is 31.1 Å². The maximum Gasteiger partial charge on any atom is 0.0946 e. The Morgan fingerprint density at radius 3 is 2.69 bits per heavy atom. The van der Waals surface area contributed by atoms with E-state index in [1.54, 1.807) is 0 Å². The van der Waals surface area contributed by atoms with Crippen molar-refractivity contribution < 1.29 is 0 Å². The summed E-state index contributed by atoms with van der Waals surface area (Å²) >= 11 is 0. The lowest BCUT2D eigenvalue weighted by Crippen LogP contribution is -2.27. The molecule has 0 unspecified atom stereocenters. The number of para-hydroxylation sites is 2. The third-order valence-electron chi connectivity index (χ3n) is 3.28. The van der Waals surface area contributed by atoms with Crippen molar-refractivity contribution in [3.05, 3.63) is 48.2 Å². The summed E-state index contributed by atoms with van der Waals surface area (Å²) in [6, 6.07) is 8.62. The van der Waals surface area contributed by atoms with E-state index >= 15 is 0 Å². The van der Waals surface area contributed by atoms with Crippen LogP contribution < -0.4 is 9.80 Å². The van der Waals surface area contributed by atoms with Gasteiger partial charge in [0.05, 0.1) is 18.0 Å². The summed E-state index contributed by atoms with van der Waals surface area (Å²) in [7, 11) is 2.15. The highest BCUT2D eigenvalue weighted by atomic mass is 15.4. The zero-order valence-corrected chi connectivity index (χ0v) is 9.56. The molecule has 1 aromatic carbocycles. The fourth-order valence-corrected chi connectivity index (χ4v) is 2.44. The standard InChI is InChI=1S/C14H16N2/c1-15-11-16(12-7-3-2-4-8-12)14-10-6-5-9-13(14)15/h2-3,5-7,9-10H,4,8,11H2,1H3. The quantitative estimate of drug-likeness (QED) is 0.705. The van der Waals surface area contributed by atoms with Crippen LogP contribution in [0.1, 0.15) is 12.8 Å². The average molecular weight is 212 g/mol. The highest BCUT2D eigenvalue weighted by molar-refractivity contribution is 5.78. The van der Waals surface area contributed by atoms with E-state index in [0.29, 0.717) is 0 Å². The van der Waals surface area contributed by atoms with Crippen LogP contribution in [0.5, 0.6) is 0 Å². The Balaban J connectivity index is 2.00. The summed E-state index contributed by atoms with van der Waals surface area (Å²) < 4.78 is 0. The maximum atomic E-state index is 2.42. The predicted molar refractivity (Wildman–Crippen MR) is 68.6 cm³/mol. The molecule has 0 bridgehead atoms. The first kappa shape index (κ1) is 9.52. The Labute approximate surface area is 96.5 Å². The van der Waals surface area contributed by atoms with E-state index in [2.05, 4.69) is 59.3 Å². The summed E-state index contributed by atoms with van der Waals surface area (Å²) in [6.45, 7) is 0.971. The van der Waals surface area contributed by atoms with E-state index < -0.39 is 0 Å². The Bertz CT molecular complexity index is 460. The number of hydrogen-bond donors (Lipinski definition) is 0. The van der Waals surface area contributed by atoms with Gasteiger partial charge >= 0.3 is 0 Å². The molecule has 0 radical (unpaired) electrons. The molecule has 0 saturated carbocycles. The van der Waals surface area contributed by atoms with Crippen molar-refractivity contribution in [1.29, 1.82) is 0 Å². The van der Waals surface area contributed by atoms with Gasteiger partial charge in [-0.2, -0.15) is 0 Å².